The molecule has 100 valence electrons. The number of carbonyl (C=O) groups excluding carboxylic acids is 1. The van der Waals surface area contributed by atoms with Crippen molar-refractivity contribution < 1.29 is 4.79 Å². The van der Waals surface area contributed by atoms with Gasteiger partial charge in [0.2, 0.25) is 0 Å². The second-order valence-corrected chi connectivity index (χ2v) is 4.95. The maximum atomic E-state index is 11.7. The summed E-state index contributed by atoms with van der Waals surface area (Å²) in [6.45, 7) is 0. The maximum Gasteiger partial charge on any atom is 0.266 e. The number of fused-ring (bicyclic) bond motifs is 1. The van der Waals surface area contributed by atoms with Gasteiger partial charge in [-0.3, -0.25) is 9.79 Å². The molecule has 0 aromatic heterocycles. The Kier molecular flexibility index (Phi) is 3.16. The first-order valence-corrected chi connectivity index (χ1v) is 6.51. The molecule has 5 heteroatoms. The Labute approximate surface area is 121 Å². The monoisotopic (exact) mass is 285 g/mol. The highest BCUT2D eigenvalue weighted by atomic mass is 35.5. The predicted octanol–water partition coefficient (Wildman–Crippen LogP) is 3.03. The summed E-state index contributed by atoms with van der Waals surface area (Å²) in [6.07, 6.45) is 1.28. The number of hydrogen-bond donors (Lipinski definition) is 2. The molecule has 1 heterocycles. The van der Waals surface area contributed by atoms with Crippen molar-refractivity contribution in [3.05, 3.63) is 58.6 Å². The first kappa shape index (κ1) is 12.7. The summed E-state index contributed by atoms with van der Waals surface area (Å²) in [5, 5.41) is 3.39. The molecule has 0 fully saturated rings. The van der Waals surface area contributed by atoms with E-state index in [2.05, 4.69) is 10.3 Å². The van der Waals surface area contributed by atoms with E-state index in [9.17, 15) is 4.79 Å². The molecule has 1 aliphatic rings. The average Bonchev–Trinajstić information content (AvgIpc) is 2.58. The molecule has 0 saturated carbocycles. The smallest absolute Gasteiger partial charge is 0.266 e. The Bertz CT molecular complexity index is 712. The van der Waals surface area contributed by atoms with Gasteiger partial charge in [-0.15, -0.1) is 0 Å². The molecule has 1 unspecified atom stereocenters. The molecule has 1 aliphatic heterocycles. The van der Waals surface area contributed by atoms with E-state index in [1.54, 1.807) is 18.2 Å². The second kappa shape index (κ2) is 4.98. The first-order chi connectivity index (χ1) is 9.65. The summed E-state index contributed by atoms with van der Waals surface area (Å²) in [6, 6.07) is 12.4. The fourth-order valence-corrected chi connectivity index (χ4v) is 2.49. The lowest BCUT2D eigenvalue weighted by molar-refractivity contribution is -0.109. The van der Waals surface area contributed by atoms with Crippen LogP contribution < -0.4 is 11.1 Å². The van der Waals surface area contributed by atoms with Crippen LogP contribution in [0.3, 0.4) is 0 Å². The number of aliphatic imine (C=N–C) groups is 1. The Morgan fingerprint density at radius 2 is 1.95 bits per heavy atom. The zero-order chi connectivity index (χ0) is 14.1. The van der Waals surface area contributed by atoms with Gasteiger partial charge < -0.3 is 11.1 Å². The maximum absolute atomic E-state index is 11.7. The number of amides is 1. The zero-order valence-corrected chi connectivity index (χ0v) is 11.3. The Morgan fingerprint density at radius 3 is 2.75 bits per heavy atom. The van der Waals surface area contributed by atoms with Gasteiger partial charge in [-0.1, -0.05) is 29.8 Å². The number of nitrogens with zero attached hydrogens (tertiary/aromatic N) is 1. The van der Waals surface area contributed by atoms with Gasteiger partial charge in [-0.05, 0) is 29.8 Å². The highest BCUT2D eigenvalue weighted by Gasteiger charge is 2.22. The number of rotatable bonds is 1. The number of anilines is 2. The van der Waals surface area contributed by atoms with E-state index in [0.29, 0.717) is 16.4 Å². The third-order valence-electron chi connectivity index (χ3n) is 3.17. The minimum Gasteiger partial charge on any atom is -0.399 e. The molecule has 3 rings (SSSR count). The third-order valence-corrected chi connectivity index (χ3v) is 3.51. The van der Waals surface area contributed by atoms with E-state index < -0.39 is 0 Å². The van der Waals surface area contributed by atoms with Crippen molar-refractivity contribution in [2.75, 3.05) is 11.1 Å². The zero-order valence-electron chi connectivity index (χ0n) is 10.5. The predicted molar refractivity (Wildman–Crippen MR) is 81.3 cm³/mol. The van der Waals surface area contributed by atoms with Gasteiger partial charge in [0.25, 0.3) is 5.91 Å². The number of carbonyl (C=O) groups is 1. The quantitative estimate of drug-likeness (QED) is 0.791. The van der Waals surface area contributed by atoms with Gasteiger partial charge in [0, 0.05) is 22.0 Å². The molecule has 0 saturated heterocycles. The van der Waals surface area contributed by atoms with Gasteiger partial charge in [-0.25, -0.2) is 0 Å². The molecular weight excluding hydrogens is 274 g/mol. The summed E-state index contributed by atoms with van der Waals surface area (Å²) in [4.78, 5) is 16.0. The van der Waals surface area contributed by atoms with Gasteiger partial charge in [0.15, 0.2) is 0 Å². The molecule has 1 amide bonds. The lowest BCUT2D eigenvalue weighted by Gasteiger charge is -2.16. The van der Waals surface area contributed by atoms with Crippen LogP contribution in [-0.2, 0) is 4.79 Å². The number of hydrogen-bond acceptors (Lipinski definition) is 3. The summed E-state index contributed by atoms with van der Waals surface area (Å²) in [7, 11) is 0. The van der Waals surface area contributed by atoms with Crippen molar-refractivity contribution in [3.8, 4) is 0 Å². The molecular formula is C15H12ClN3O. The van der Waals surface area contributed by atoms with Gasteiger partial charge in [0.1, 0.15) is 6.04 Å². The molecule has 0 bridgehead atoms. The molecule has 0 radical (unpaired) electrons. The van der Waals surface area contributed by atoms with Crippen LogP contribution >= 0.6 is 11.6 Å². The van der Waals surface area contributed by atoms with Crippen molar-refractivity contribution in [1.82, 2.24) is 0 Å². The van der Waals surface area contributed by atoms with Crippen LogP contribution in [0.1, 0.15) is 17.2 Å². The molecule has 0 spiro atoms. The minimum atomic E-state index is -0.346. The van der Waals surface area contributed by atoms with Crippen molar-refractivity contribution in [1.29, 1.82) is 0 Å². The molecule has 2 aromatic carbocycles. The highest BCUT2D eigenvalue weighted by molar-refractivity contribution is 6.33. The number of nitrogens with one attached hydrogen (secondary N) is 1. The van der Waals surface area contributed by atoms with Crippen LogP contribution in [0.15, 0.2) is 47.5 Å². The minimum absolute atomic E-state index is 0.259. The van der Waals surface area contributed by atoms with Crippen LogP contribution in [0.5, 0.6) is 0 Å². The standard InChI is InChI=1S/C15H12ClN3O/c16-12-4-2-1-3-10(12)15-11-7-9(17)5-6-13(11)19-14(20)8-18-15/h1-8,15H,17H2,(H,19,20). The molecule has 0 aliphatic carbocycles. The van der Waals surface area contributed by atoms with E-state index in [0.717, 1.165) is 11.1 Å². The number of halogens is 1. The Balaban J connectivity index is 2.20. The van der Waals surface area contributed by atoms with Crippen LogP contribution in [0, 0.1) is 0 Å². The normalized spacial score (nSPS) is 17.2. The largest absolute Gasteiger partial charge is 0.399 e. The van der Waals surface area contributed by atoms with E-state index in [-0.39, 0.29) is 11.9 Å². The summed E-state index contributed by atoms with van der Waals surface area (Å²) < 4.78 is 0. The van der Waals surface area contributed by atoms with Crippen LogP contribution in [0.25, 0.3) is 0 Å². The number of benzene rings is 2. The van der Waals surface area contributed by atoms with E-state index >= 15 is 0 Å². The number of nitrogens with two attached hydrogens (primary N) is 1. The number of nitrogen functional groups attached to an aromatic ring is 1. The average molecular weight is 286 g/mol. The van der Waals surface area contributed by atoms with Crippen molar-refractivity contribution in [2.45, 2.75) is 6.04 Å². The molecule has 2 aromatic rings. The van der Waals surface area contributed by atoms with E-state index in [1.165, 1.54) is 6.21 Å². The first-order valence-electron chi connectivity index (χ1n) is 6.13. The van der Waals surface area contributed by atoms with Crippen molar-refractivity contribution in [2.24, 2.45) is 4.99 Å². The Hall–Kier alpha value is -2.33. The van der Waals surface area contributed by atoms with Crippen LogP contribution in [0.2, 0.25) is 5.02 Å². The second-order valence-electron chi connectivity index (χ2n) is 4.54. The lowest BCUT2D eigenvalue weighted by Crippen LogP contribution is -2.11. The van der Waals surface area contributed by atoms with Crippen molar-refractivity contribution in [3.63, 3.8) is 0 Å². The summed E-state index contributed by atoms with van der Waals surface area (Å²) >= 11 is 6.24. The SMILES string of the molecule is Nc1ccc2c(c1)C(c1ccccc1Cl)N=CC(=O)N2. The molecule has 3 N–H and O–H groups in total. The molecule has 1 atom stereocenters. The van der Waals surface area contributed by atoms with E-state index in [1.807, 2.05) is 24.3 Å². The fraction of sp³-hybridized carbons (Fsp3) is 0.0667. The summed E-state index contributed by atoms with van der Waals surface area (Å²) in [5.41, 5.74) is 8.84. The van der Waals surface area contributed by atoms with Gasteiger partial charge in [0.05, 0.1) is 6.21 Å². The molecule has 4 nitrogen and oxygen atoms in total. The van der Waals surface area contributed by atoms with Crippen LogP contribution in [-0.4, -0.2) is 12.1 Å². The van der Waals surface area contributed by atoms with Gasteiger partial charge >= 0.3 is 0 Å². The Morgan fingerprint density at radius 1 is 1.15 bits per heavy atom. The summed E-state index contributed by atoms with van der Waals surface area (Å²) in [5.74, 6) is -0.259. The fourth-order valence-electron chi connectivity index (χ4n) is 2.25. The van der Waals surface area contributed by atoms with E-state index in [4.69, 9.17) is 17.3 Å². The third kappa shape index (κ3) is 2.26. The lowest BCUT2D eigenvalue weighted by atomic mass is 9.97. The van der Waals surface area contributed by atoms with Crippen LogP contribution in [0.4, 0.5) is 11.4 Å². The highest BCUT2D eigenvalue weighted by Crippen LogP contribution is 2.37. The topological polar surface area (TPSA) is 67.5 Å². The van der Waals surface area contributed by atoms with Gasteiger partial charge in [-0.2, -0.15) is 0 Å². The van der Waals surface area contributed by atoms with Crippen molar-refractivity contribution >= 4 is 35.1 Å². The molecule has 20 heavy (non-hydrogen) atoms.